The van der Waals surface area contributed by atoms with E-state index in [1.807, 2.05) is 20.8 Å². The number of carbonyl (C=O) groups is 1. The van der Waals surface area contributed by atoms with Crippen LogP contribution in [0.2, 0.25) is 0 Å². The summed E-state index contributed by atoms with van der Waals surface area (Å²) < 4.78 is 59.5. The van der Waals surface area contributed by atoms with Crippen LogP contribution in [0.25, 0.3) is 0 Å². The van der Waals surface area contributed by atoms with Crippen LogP contribution in [-0.4, -0.2) is 54.3 Å². The highest BCUT2D eigenvalue weighted by Gasteiger charge is 2.32. The van der Waals surface area contributed by atoms with Crippen molar-refractivity contribution in [1.82, 2.24) is 9.47 Å². The van der Waals surface area contributed by atoms with Gasteiger partial charge in [-0.1, -0.05) is 20.8 Å². The van der Waals surface area contributed by atoms with Gasteiger partial charge < -0.3 is 13.9 Å². The number of rotatable bonds is 7. The zero-order valence-corrected chi connectivity index (χ0v) is 21.1. The van der Waals surface area contributed by atoms with Crippen molar-refractivity contribution in [3.05, 3.63) is 47.0 Å². The molecule has 0 unspecified atom stereocenters. The number of nitrogens with zero attached hydrogens (tertiary/aromatic N) is 3. The molecular weight excluding hydrogens is 475 g/mol. The van der Waals surface area contributed by atoms with E-state index in [1.54, 1.807) is 10.8 Å². The number of benzene rings is 1. The van der Waals surface area contributed by atoms with Crippen molar-refractivity contribution >= 4 is 5.91 Å². The van der Waals surface area contributed by atoms with Gasteiger partial charge in [0, 0.05) is 24.8 Å². The Labute approximate surface area is 208 Å². The van der Waals surface area contributed by atoms with Gasteiger partial charge in [0.15, 0.2) is 0 Å². The van der Waals surface area contributed by atoms with E-state index >= 15 is 0 Å². The Kier molecular flexibility index (Phi) is 7.94. The van der Waals surface area contributed by atoms with E-state index in [0.29, 0.717) is 25.5 Å². The van der Waals surface area contributed by atoms with Crippen LogP contribution in [0.3, 0.4) is 0 Å². The summed E-state index contributed by atoms with van der Waals surface area (Å²) in [7, 11) is 0. The highest BCUT2D eigenvalue weighted by atomic mass is 19.4. The Hall–Kier alpha value is -2.59. The number of halogens is 3. The second-order valence-corrected chi connectivity index (χ2v) is 10.4. The minimum Gasteiger partial charge on any atom is -0.491 e. The number of hydrogen-bond donors (Lipinski definition) is 0. The largest absolute Gasteiger partial charge is 0.491 e. The molecule has 1 aromatic carbocycles. The first-order valence-corrected chi connectivity index (χ1v) is 12.5. The Morgan fingerprint density at radius 1 is 1.17 bits per heavy atom. The van der Waals surface area contributed by atoms with E-state index in [9.17, 15) is 18.0 Å². The van der Waals surface area contributed by atoms with E-state index in [1.165, 1.54) is 6.07 Å². The number of ether oxygens (including phenoxy) is 2. The molecule has 2 aliphatic heterocycles. The molecule has 0 N–H and O–H groups in total. The van der Waals surface area contributed by atoms with Gasteiger partial charge >= 0.3 is 11.9 Å². The summed E-state index contributed by atoms with van der Waals surface area (Å²) in [6, 6.07) is 2.91. The number of amides is 1. The lowest BCUT2D eigenvalue weighted by molar-refractivity contribution is -0.137. The summed E-state index contributed by atoms with van der Waals surface area (Å²) in [6.45, 7) is 9.84. The molecule has 3 heterocycles. The number of hydrogen-bond acceptors (Lipinski definition) is 5. The molecule has 1 aromatic heterocycles. The Balaban J connectivity index is 1.65. The lowest BCUT2D eigenvalue weighted by Gasteiger charge is -2.16. The van der Waals surface area contributed by atoms with E-state index in [0.717, 1.165) is 50.9 Å². The van der Waals surface area contributed by atoms with Gasteiger partial charge in [0.25, 0.3) is 5.91 Å². The van der Waals surface area contributed by atoms with Crippen molar-refractivity contribution < 1.29 is 31.9 Å². The van der Waals surface area contributed by atoms with E-state index in [4.69, 9.17) is 13.9 Å². The number of alkyl halides is 3. The Morgan fingerprint density at radius 3 is 2.56 bits per heavy atom. The fraction of sp³-hybridized carbons (Fsp3) is 0.615. The smallest absolute Gasteiger partial charge is 0.416 e. The molecule has 1 amide bonds. The fourth-order valence-corrected chi connectivity index (χ4v) is 4.39. The van der Waals surface area contributed by atoms with E-state index in [2.05, 4.69) is 9.89 Å². The second kappa shape index (κ2) is 10.8. The third-order valence-corrected chi connectivity index (χ3v) is 6.48. The number of oxazole rings is 1. The quantitative estimate of drug-likeness (QED) is 0.537. The predicted molar refractivity (Wildman–Crippen MR) is 127 cm³/mol. The molecular formula is C26H34F3N3O4. The van der Waals surface area contributed by atoms with Crippen LogP contribution in [0, 0.1) is 0 Å². The minimum absolute atomic E-state index is 0.0286. The highest BCUT2D eigenvalue weighted by Crippen LogP contribution is 2.33. The van der Waals surface area contributed by atoms with Crippen molar-refractivity contribution in [2.45, 2.75) is 70.7 Å². The predicted octanol–water partition coefficient (Wildman–Crippen LogP) is 4.79. The zero-order valence-electron chi connectivity index (χ0n) is 21.1. The maximum absolute atomic E-state index is 13.4. The van der Waals surface area contributed by atoms with Crippen LogP contribution >= 0.6 is 0 Å². The zero-order chi connectivity index (χ0) is 25.9. The summed E-state index contributed by atoms with van der Waals surface area (Å²) in [4.78, 5) is 19.6. The summed E-state index contributed by atoms with van der Waals surface area (Å²) in [5.41, 5.74) is -1.51. The first-order chi connectivity index (χ1) is 17.0. The molecule has 1 atom stereocenters. The van der Waals surface area contributed by atoms with Gasteiger partial charge in [-0.2, -0.15) is 18.2 Å². The summed E-state index contributed by atoms with van der Waals surface area (Å²) in [5.74, 6) is -0.171. The third-order valence-electron chi connectivity index (χ3n) is 6.48. The molecule has 4 rings (SSSR count). The molecule has 7 nitrogen and oxygen atoms in total. The molecule has 198 valence electrons. The van der Waals surface area contributed by atoms with Crippen molar-refractivity contribution in [1.29, 1.82) is 0 Å². The number of carbonyl (C=O) groups excluding carboxylic acids is 1. The average molecular weight is 510 g/mol. The maximum Gasteiger partial charge on any atom is 0.416 e. The van der Waals surface area contributed by atoms with Gasteiger partial charge in [-0.05, 0) is 57.0 Å². The molecule has 2 aliphatic rings. The van der Waals surface area contributed by atoms with E-state index in [-0.39, 0.29) is 35.1 Å². The van der Waals surface area contributed by atoms with E-state index < -0.39 is 17.6 Å². The maximum atomic E-state index is 13.4. The number of aromatic nitrogens is 1. The van der Waals surface area contributed by atoms with Crippen molar-refractivity contribution in [3.63, 3.8) is 0 Å². The first kappa shape index (κ1) is 26.5. The molecule has 2 aromatic rings. The van der Waals surface area contributed by atoms with Crippen LogP contribution in [-0.2, 0) is 22.9 Å². The number of likely N-dealkylation sites (tertiary alicyclic amines) is 1. The average Bonchev–Trinajstić information content (AvgIpc) is 3.56. The van der Waals surface area contributed by atoms with Gasteiger partial charge in [0.1, 0.15) is 18.1 Å². The lowest BCUT2D eigenvalue weighted by atomic mass is 9.94. The summed E-state index contributed by atoms with van der Waals surface area (Å²) in [5, 5.41) is 0. The van der Waals surface area contributed by atoms with Crippen molar-refractivity contribution in [2.24, 2.45) is 4.99 Å². The molecule has 2 saturated heterocycles. The van der Waals surface area contributed by atoms with Crippen LogP contribution < -0.4 is 10.4 Å². The summed E-state index contributed by atoms with van der Waals surface area (Å²) in [6.07, 6.45) is 1.20. The molecule has 0 bridgehead atoms. The van der Waals surface area contributed by atoms with Crippen LogP contribution in [0.15, 0.2) is 33.8 Å². The van der Waals surface area contributed by atoms with Gasteiger partial charge in [-0.25, -0.2) is 0 Å². The van der Waals surface area contributed by atoms with Gasteiger partial charge in [-0.3, -0.25) is 14.3 Å². The SMILES string of the molecule is CC(C)(C)c1cn(C[C@H]2CCCO2)c(=NC(=O)c2cc(C(F)(F)F)ccc2OCCN2CCCC2)o1. The molecule has 0 spiro atoms. The summed E-state index contributed by atoms with van der Waals surface area (Å²) >= 11 is 0. The first-order valence-electron chi connectivity index (χ1n) is 12.5. The van der Waals surface area contributed by atoms with Crippen LogP contribution in [0.4, 0.5) is 13.2 Å². The van der Waals surface area contributed by atoms with Gasteiger partial charge in [0.05, 0.1) is 23.8 Å². The van der Waals surface area contributed by atoms with Crippen LogP contribution in [0.5, 0.6) is 5.75 Å². The fourth-order valence-electron chi connectivity index (χ4n) is 4.39. The molecule has 36 heavy (non-hydrogen) atoms. The molecule has 2 fully saturated rings. The molecule has 0 saturated carbocycles. The highest BCUT2D eigenvalue weighted by molar-refractivity contribution is 5.97. The van der Waals surface area contributed by atoms with Crippen molar-refractivity contribution in [3.8, 4) is 5.75 Å². The topological polar surface area (TPSA) is 69.2 Å². The van der Waals surface area contributed by atoms with Crippen molar-refractivity contribution in [2.75, 3.05) is 32.8 Å². The molecule has 10 heteroatoms. The lowest BCUT2D eigenvalue weighted by Crippen LogP contribution is -2.26. The monoisotopic (exact) mass is 509 g/mol. The standard InChI is InChI=1S/C26H34F3N3O4/c1-25(2,3)22-17-32(16-19-7-6-13-34-19)24(36-22)30-23(33)20-15-18(26(27,28)29)8-9-21(20)35-14-12-31-10-4-5-11-31/h8-9,15,17,19H,4-7,10-14,16H2,1-3H3/t19-/m1/s1. The van der Waals surface area contributed by atoms with Crippen LogP contribution in [0.1, 0.15) is 68.1 Å². The van der Waals surface area contributed by atoms with Gasteiger partial charge in [-0.15, -0.1) is 0 Å². The normalized spacial score (nSPS) is 19.8. The van der Waals surface area contributed by atoms with Gasteiger partial charge in [0.2, 0.25) is 0 Å². The Bertz CT molecular complexity index is 1120. The second-order valence-electron chi connectivity index (χ2n) is 10.4. The molecule has 0 radical (unpaired) electrons. The Morgan fingerprint density at radius 2 is 1.92 bits per heavy atom. The third kappa shape index (κ3) is 6.59. The molecule has 0 aliphatic carbocycles. The minimum atomic E-state index is -4.60.